The van der Waals surface area contributed by atoms with E-state index in [0.29, 0.717) is 11.5 Å². The molecule has 0 aromatic heterocycles. The summed E-state index contributed by atoms with van der Waals surface area (Å²) in [5.41, 5.74) is 1.73. The largest absolute Gasteiger partial charge is 0.497 e. The van der Waals surface area contributed by atoms with Crippen LogP contribution in [0.25, 0.3) is 0 Å². The van der Waals surface area contributed by atoms with Crippen LogP contribution in [0.5, 0.6) is 11.5 Å². The van der Waals surface area contributed by atoms with Gasteiger partial charge in [0, 0.05) is 5.56 Å². The standard InChI is InChI=1S/C18H20O3/c1-13(2)16-6-4-5-7-18(16)21-12-17(19)14-8-10-15(20-3)11-9-14/h4-11,13H,12H2,1-3H3. The molecular weight excluding hydrogens is 264 g/mol. The van der Waals surface area contributed by atoms with Gasteiger partial charge in [-0.3, -0.25) is 4.79 Å². The lowest BCUT2D eigenvalue weighted by Gasteiger charge is -2.13. The maximum atomic E-state index is 12.1. The summed E-state index contributed by atoms with van der Waals surface area (Å²) in [7, 11) is 1.60. The van der Waals surface area contributed by atoms with E-state index in [9.17, 15) is 4.79 Å². The molecule has 0 saturated heterocycles. The first-order valence-electron chi connectivity index (χ1n) is 7.00. The third-order valence-electron chi connectivity index (χ3n) is 3.31. The SMILES string of the molecule is COc1ccc(C(=O)COc2ccccc2C(C)C)cc1. The molecule has 0 aliphatic heterocycles. The maximum Gasteiger partial charge on any atom is 0.200 e. The zero-order chi connectivity index (χ0) is 15.2. The van der Waals surface area contributed by atoms with E-state index in [1.54, 1.807) is 31.4 Å². The van der Waals surface area contributed by atoms with Gasteiger partial charge in [-0.15, -0.1) is 0 Å². The minimum Gasteiger partial charge on any atom is -0.497 e. The fourth-order valence-corrected chi connectivity index (χ4v) is 2.09. The average Bonchev–Trinajstić information content (AvgIpc) is 2.52. The Balaban J connectivity index is 2.04. The highest BCUT2D eigenvalue weighted by atomic mass is 16.5. The smallest absolute Gasteiger partial charge is 0.200 e. The summed E-state index contributed by atoms with van der Waals surface area (Å²) >= 11 is 0. The van der Waals surface area contributed by atoms with Crippen molar-refractivity contribution in [1.82, 2.24) is 0 Å². The summed E-state index contributed by atoms with van der Waals surface area (Å²) in [6.07, 6.45) is 0. The van der Waals surface area contributed by atoms with Crippen molar-refractivity contribution in [3.8, 4) is 11.5 Å². The zero-order valence-electron chi connectivity index (χ0n) is 12.6. The molecule has 0 fully saturated rings. The fourth-order valence-electron chi connectivity index (χ4n) is 2.09. The summed E-state index contributed by atoms with van der Waals surface area (Å²) in [5, 5.41) is 0. The predicted molar refractivity (Wildman–Crippen MR) is 83.4 cm³/mol. The van der Waals surface area contributed by atoms with Crippen molar-refractivity contribution < 1.29 is 14.3 Å². The molecule has 21 heavy (non-hydrogen) atoms. The molecule has 0 N–H and O–H groups in total. The van der Waals surface area contributed by atoms with Crippen LogP contribution in [-0.4, -0.2) is 19.5 Å². The lowest BCUT2D eigenvalue weighted by molar-refractivity contribution is 0.0920. The molecule has 3 heteroatoms. The fraction of sp³-hybridized carbons (Fsp3) is 0.278. The lowest BCUT2D eigenvalue weighted by atomic mass is 10.0. The Bertz CT molecular complexity index is 600. The maximum absolute atomic E-state index is 12.1. The summed E-state index contributed by atoms with van der Waals surface area (Å²) in [6, 6.07) is 14.9. The van der Waals surface area contributed by atoms with Gasteiger partial charge in [-0.05, 0) is 41.8 Å². The second-order valence-corrected chi connectivity index (χ2v) is 5.13. The molecule has 0 spiro atoms. The van der Waals surface area contributed by atoms with Gasteiger partial charge in [-0.2, -0.15) is 0 Å². The molecule has 0 amide bonds. The summed E-state index contributed by atoms with van der Waals surface area (Å²) in [6.45, 7) is 4.25. The van der Waals surface area contributed by atoms with E-state index >= 15 is 0 Å². The van der Waals surface area contributed by atoms with Gasteiger partial charge >= 0.3 is 0 Å². The van der Waals surface area contributed by atoms with E-state index in [4.69, 9.17) is 9.47 Å². The normalized spacial score (nSPS) is 10.5. The van der Waals surface area contributed by atoms with Gasteiger partial charge in [0.15, 0.2) is 12.4 Å². The zero-order valence-corrected chi connectivity index (χ0v) is 12.6. The first-order valence-corrected chi connectivity index (χ1v) is 7.00. The Morgan fingerprint density at radius 2 is 1.71 bits per heavy atom. The molecule has 0 heterocycles. The number of hydrogen-bond donors (Lipinski definition) is 0. The van der Waals surface area contributed by atoms with Gasteiger partial charge < -0.3 is 9.47 Å². The van der Waals surface area contributed by atoms with E-state index in [-0.39, 0.29) is 12.4 Å². The highest BCUT2D eigenvalue weighted by molar-refractivity contribution is 5.97. The Kier molecular flexibility index (Phi) is 4.99. The first kappa shape index (κ1) is 15.1. The van der Waals surface area contributed by atoms with Crippen molar-refractivity contribution in [2.75, 3.05) is 13.7 Å². The Labute approximate surface area is 125 Å². The third kappa shape index (κ3) is 3.85. The van der Waals surface area contributed by atoms with E-state index in [1.165, 1.54) is 0 Å². The van der Waals surface area contributed by atoms with Crippen molar-refractivity contribution in [1.29, 1.82) is 0 Å². The van der Waals surface area contributed by atoms with Crippen molar-refractivity contribution in [2.24, 2.45) is 0 Å². The molecular formula is C18H20O3. The van der Waals surface area contributed by atoms with Crippen molar-refractivity contribution in [3.05, 3.63) is 59.7 Å². The molecule has 0 saturated carbocycles. The Hall–Kier alpha value is -2.29. The minimum absolute atomic E-state index is 0.0378. The summed E-state index contributed by atoms with van der Waals surface area (Å²) in [4.78, 5) is 12.1. The highest BCUT2D eigenvalue weighted by Crippen LogP contribution is 2.26. The van der Waals surface area contributed by atoms with Crippen LogP contribution in [-0.2, 0) is 0 Å². The molecule has 0 bridgehead atoms. The third-order valence-corrected chi connectivity index (χ3v) is 3.31. The van der Waals surface area contributed by atoms with Gasteiger partial charge in [0.05, 0.1) is 7.11 Å². The minimum atomic E-state index is -0.0452. The molecule has 2 aromatic carbocycles. The van der Waals surface area contributed by atoms with Crippen LogP contribution in [0.15, 0.2) is 48.5 Å². The second-order valence-electron chi connectivity index (χ2n) is 5.13. The van der Waals surface area contributed by atoms with Gasteiger partial charge in [-0.25, -0.2) is 0 Å². The number of carbonyl (C=O) groups is 1. The van der Waals surface area contributed by atoms with Crippen LogP contribution < -0.4 is 9.47 Å². The van der Waals surface area contributed by atoms with Crippen LogP contribution in [0.1, 0.15) is 35.7 Å². The van der Waals surface area contributed by atoms with Gasteiger partial charge in [-0.1, -0.05) is 32.0 Å². The molecule has 110 valence electrons. The second kappa shape index (κ2) is 6.93. The number of methoxy groups -OCH3 is 1. The average molecular weight is 284 g/mol. The number of benzene rings is 2. The van der Waals surface area contributed by atoms with E-state index in [2.05, 4.69) is 13.8 Å². The summed E-state index contributed by atoms with van der Waals surface area (Å²) < 4.78 is 10.8. The van der Waals surface area contributed by atoms with E-state index < -0.39 is 0 Å². The van der Waals surface area contributed by atoms with Gasteiger partial charge in [0.25, 0.3) is 0 Å². The van der Waals surface area contributed by atoms with Gasteiger partial charge in [0.2, 0.25) is 0 Å². The Morgan fingerprint density at radius 3 is 2.33 bits per heavy atom. The molecule has 0 radical (unpaired) electrons. The molecule has 0 atom stereocenters. The van der Waals surface area contributed by atoms with Crippen molar-refractivity contribution in [2.45, 2.75) is 19.8 Å². The predicted octanol–water partition coefficient (Wildman–Crippen LogP) is 4.08. The van der Waals surface area contributed by atoms with Crippen LogP contribution >= 0.6 is 0 Å². The van der Waals surface area contributed by atoms with E-state index in [1.807, 2.05) is 24.3 Å². The van der Waals surface area contributed by atoms with Crippen LogP contribution in [0.3, 0.4) is 0 Å². The monoisotopic (exact) mass is 284 g/mol. The summed E-state index contributed by atoms with van der Waals surface area (Å²) in [5.74, 6) is 1.82. The molecule has 0 unspecified atom stereocenters. The van der Waals surface area contributed by atoms with Gasteiger partial charge in [0.1, 0.15) is 11.5 Å². The topological polar surface area (TPSA) is 35.5 Å². The number of para-hydroxylation sites is 1. The quantitative estimate of drug-likeness (QED) is 0.750. The molecule has 0 aliphatic rings. The number of carbonyl (C=O) groups excluding carboxylic acids is 1. The number of hydrogen-bond acceptors (Lipinski definition) is 3. The Morgan fingerprint density at radius 1 is 1.05 bits per heavy atom. The van der Waals surface area contributed by atoms with Crippen molar-refractivity contribution in [3.63, 3.8) is 0 Å². The van der Waals surface area contributed by atoms with Crippen LogP contribution in [0, 0.1) is 0 Å². The number of rotatable bonds is 6. The first-order chi connectivity index (χ1) is 10.1. The van der Waals surface area contributed by atoms with Crippen LogP contribution in [0.4, 0.5) is 0 Å². The molecule has 0 aliphatic carbocycles. The molecule has 3 nitrogen and oxygen atoms in total. The molecule has 2 aromatic rings. The lowest BCUT2D eigenvalue weighted by Crippen LogP contribution is -2.12. The van der Waals surface area contributed by atoms with Crippen LogP contribution in [0.2, 0.25) is 0 Å². The molecule has 2 rings (SSSR count). The number of ketones is 1. The van der Waals surface area contributed by atoms with Crippen molar-refractivity contribution >= 4 is 5.78 Å². The highest BCUT2D eigenvalue weighted by Gasteiger charge is 2.10. The number of Topliss-reactive ketones (excluding diaryl/α,β-unsaturated/α-hetero) is 1. The van der Waals surface area contributed by atoms with E-state index in [0.717, 1.165) is 17.1 Å². The number of ether oxygens (including phenoxy) is 2.